The van der Waals surface area contributed by atoms with Gasteiger partial charge in [-0.05, 0) is 67.3 Å². The molecule has 0 aliphatic carbocycles. The maximum Gasteiger partial charge on any atom is 0.123 e. The largest absolute Gasteiger partial charge is 0.354 e. The number of aromatic amines is 1. The first-order chi connectivity index (χ1) is 10.7. The van der Waals surface area contributed by atoms with E-state index < -0.39 is 0 Å². The van der Waals surface area contributed by atoms with Crippen molar-refractivity contribution in [2.75, 3.05) is 6.54 Å². The van der Waals surface area contributed by atoms with Crippen LogP contribution in [0.4, 0.5) is 4.39 Å². The van der Waals surface area contributed by atoms with Crippen molar-refractivity contribution in [1.29, 1.82) is 0 Å². The fourth-order valence-electron chi connectivity index (χ4n) is 2.82. The summed E-state index contributed by atoms with van der Waals surface area (Å²) in [5, 5.41) is 0.965. The van der Waals surface area contributed by atoms with Crippen LogP contribution in [0.2, 0.25) is 0 Å². The Kier molecular flexibility index (Phi) is 4.60. The molecule has 0 aliphatic heterocycles. The van der Waals surface area contributed by atoms with Crippen molar-refractivity contribution < 1.29 is 4.39 Å². The van der Waals surface area contributed by atoms with E-state index in [9.17, 15) is 4.39 Å². The summed E-state index contributed by atoms with van der Waals surface area (Å²) in [6, 6.07) is 13.1. The molecular weight excluding hydrogens is 343 g/mol. The van der Waals surface area contributed by atoms with Gasteiger partial charge in [-0.1, -0.05) is 28.1 Å². The Balaban J connectivity index is 2.13. The number of aryl methyl sites for hydroxylation is 1. The van der Waals surface area contributed by atoms with Crippen LogP contribution in [-0.4, -0.2) is 11.5 Å². The first-order valence-electron chi connectivity index (χ1n) is 7.45. The zero-order valence-electron chi connectivity index (χ0n) is 12.2. The molecule has 0 radical (unpaired) electrons. The molecule has 0 saturated heterocycles. The minimum Gasteiger partial charge on any atom is -0.354 e. The van der Waals surface area contributed by atoms with Gasteiger partial charge in [-0.25, -0.2) is 4.39 Å². The Labute approximate surface area is 137 Å². The fraction of sp³-hybridized carbons (Fsp3) is 0.222. The highest BCUT2D eigenvalue weighted by Gasteiger charge is 2.13. The number of hydrogen-bond acceptors (Lipinski definition) is 1. The van der Waals surface area contributed by atoms with Gasteiger partial charge in [-0.2, -0.15) is 0 Å². The molecule has 0 unspecified atom stereocenters. The van der Waals surface area contributed by atoms with Crippen molar-refractivity contribution in [1.82, 2.24) is 4.98 Å². The van der Waals surface area contributed by atoms with Crippen LogP contribution in [0.5, 0.6) is 0 Å². The maximum absolute atomic E-state index is 13.6. The van der Waals surface area contributed by atoms with Crippen LogP contribution in [0.15, 0.2) is 46.9 Å². The van der Waals surface area contributed by atoms with Gasteiger partial charge in [0.05, 0.1) is 0 Å². The van der Waals surface area contributed by atoms with Crippen LogP contribution in [-0.2, 0) is 6.42 Å². The summed E-state index contributed by atoms with van der Waals surface area (Å²) in [6.07, 6.45) is 2.86. The standard InChI is InChI=1S/C18H18BrFN2/c19-13-5-3-4-12(10-13)18-15(6-1-2-9-21)16-11-14(20)7-8-17(16)22-18/h3-5,7-8,10-11,22H,1-2,6,9,21H2. The van der Waals surface area contributed by atoms with Crippen LogP contribution < -0.4 is 5.73 Å². The molecule has 1 heterocycles. The van der Waals surface area contributed by atoms with E-state index in [1.165, 1.54) is 11.6 Å². The summed E-state index contributed by atoms with van der Waals surface area (Å²) in [5.74, 6) is -0.202. The van der Waals surface area contributed by atoms with Crippen molar-refractivity contribution in [3.63, 3.8) is 0 Å². The molecule has 0 bridgehead atoms. The van der Waals surface area contributed by atoms with Crippen LogP contribution in [0.25, 0.3) is 22.2 Å². The van der Waals surface area contributed by atoms with Crippen LogP contribution in [0.1, 0.15) is 18.4 Å². The van der Waals surface area contributed by atoms with E-state index in [0.29, 0.717) is 6.54 Å². The normalized spacial score (nSPS) is 11.2. The Morgan fingerprint density at radius 3 is 2.73 bits per heavy atom. The molecule has 3 aromatic rings. The molecule has 3 N–H and O–H groups in total. The molecule has 0 aliphatic rings. The van der Waals surface area contributed by atoms with Gasteiger partial charge in [0.1, 0.15) is 5.82 Å². The number of fused-ring (bicyclic) bond motifs is 1. The number of unbranched alkanes of at least 4 members (excludes halogenated alkanes) is 1. The first-order valence-corrected chi connectivity index (χ1v) is 8.24. The van der Waals surface area contributed by atoms with Crippen molar-refractivity contribution >= 4 is 26.8 Å². The second kappa shape index (κ2) is 6.63. The minimum absolute atomic E-state index is 0.202. The zero-order chi connectivity index (χ0) is 15.5. The van der Waals surface area contributed by atoms with Crippen LogP contribution >= 0.6 is 15.9 Å². The highest BCUT2D eigenvalue weighted by Crippen LogP contribution is 2.33. The van der Waals surface area contributed by atoms with E-state index in [1.807, 2.05) is 12.1 Å². The van der Waals surface area contributed by atoms with Gasteiger partial charge >= 0.3 is 0 Å². The van der Waals surface area contributed by atoms with Crippen LogP contribution in [0, 0.1) is 5.82 Å². The van der Waals surface area contributed by atoms with Crippen LogP contribution in [0.3, 0.4) is 0 Å². The van der Waals surface area contributed by atoms with Gasteiger partial charge in [0, 0.05) is 21.1 Å². The lowest BCUT2D eigenvalue weighted by Crippen LogP contribution is -1.99. The van der Waals surface area contributed by atoms with E-state index >= 15 is 0 Å². The fourth-order valence-corrected chi connectivity index (χ4v) is 3.22. The van der Waals surface area contributed by atoms with Crippen molar-refractivity contribution in [3.8, 4) is 11.3 Å². The summed E-state index contributed by atoms with van der Waals surface area (Å²) in [5.41, 5.74) is 9.91. The molecule has 2 aromatic carbocycles. The second-order valence-corrected chi connectivity index (χ2v) is 6.34. The van der Waals surface area contributed by atoms with Gasteiger partial charge in [-0.15, -0.1) is 0 Å². The SMILES string of the molecule is NCCCCc1c(-c2cccc(Br)c2)[nH]c2ccc(F)cc12. The Bertz CT molecular complexity index is 795. The molecule has 0 fully saturated rings. The first kappa shape index (κ1) is 15.3. The Hall–Kier alpha value is -1.65. The predicted octanol–water partition coefficient (Wildman–Crippen LogP) is 5.02. The number of hydrogen-bond donors (Lipinski definition) is 2. The number of aromatic nitrogens is 1. The smallest absolute Gasteiger partial charge is 0.123 e. The van der Waals surface area contributed by atoms with Gasteiger partial charge in [0.2, 0.25) is 0 Å². The van der Waals surface area contributed by atoms with Crippen molar-refractivity contribution in [2.24, 2.45) is 5.73 Å². The molecule has 3 rings (SSSR count). The topological polar surface area (TPSA) is 41.8 Å². The molecule has 2 nitrogen and oxygen atoms in total. The highest BCUT2D eigenvalue weighted by molar-refractivity contribution is 9.10. The minimum atomic E-state index is -0.202. The zero-order valence-corrected chi connectivity index (χ0v) is 13.8. The summed E-state index contributed by atoms with van der Waals surface area (Å²) in [6.45, 7) is 0.683. The van der Waals surface area contributed by atoms with E-state index in [4.69, 9.17) is 5.73 Å². The molecule has 1 aromatic heterocycles. The van der Waals surface area contributed by atoms with Gasteiger partial charge in [0.25, 0.3) is 0 Å². The maximum atomic E-state index is 13.6. The third kappa shape index (κ3) is 3.08. The van der Waals surface area contributed by atoms with E-state index in [-0.39, 0.29) is 5.82 Å². The monoisotopic (exact) mass is 360 g/mol. The lowest BCUT2D eigenvalue weighted by Gasteiger charge is -2.06. The number of H-pyrrole nitrogens is 1. The number of halogens is 2. The molecule has 0 spiro atoms. The van der Waals surface area contributed by atoms with Crippen molar-refractivity contribution in [2.45, 2.75) is 19.3 Å². The summed E-state index contributed by atoms with van der Waals surface area (Å²) in [7, 11) is 0. The number of rotatable bonds is 5. The highest BCUT2D eigenvalue weighted by atomic mass is 79.9. The molecular formula is C18H18BrFN2. The lowest BCUT2D eigenvalue weighted by atomic mass is 10.0. The van der Waals surface area contributed by atoms with Gasteiger partial charge in [-0.3, -0.25) is 0 Å². The quantitative estimate of drug-likeness (QED) is 0.616. The number of nitrogens with two attached hydrogens (primary N) is 1. The second-order valence-electron chi connectivity index (χ2n) is 5.42. The average molecular weight is 361 g/mol. The molecule has 114 valence electrons. The summed E-state index contributed by atoms with van der Waals surface area (Å²) < 4.78 is 14.7. The summed E-state index contributed by atoms with van der Waals surface area (Å²) >= 11 is 3.51. The molecule has 0 saturated carbocycles. The third-order valence-electron chi connectivity index (χ3n) is 3.86. The Morgan fingerprint density at radius 2 is 1.95 bits per heavy atom. The van der Waals surface area contributed by atoms with E-state index in [2.05, 4.69) is 33.0 Å². The van der Waals surface area contributed by atoms with Gasteiger partial charge in [0.15, 0.2) is 0 Å². The third-order valence-corrected chi connectivity index (χ3v) is 4.36. The molecule has 0 amide bonds. The molecule has 4 heteroatoms. The summed E-state index contributed by atoms with van der Waals surface area (Å²) in [4.78, 5) is 3.44. The average Bonchev–Trinajstić information content (AvgIpc) is 2.86. The van der Waals surface area contributed by atoms with E-state index in [1.54, 1.807) is 12.1 Å². The number of benzene rings is 2. The van der Waals surface area contributed by atoms with Crippen molar-refractivity contribution in [3.05, 3.63) is 58.3 Å². The Morgan fingerprint density at radius 1 is 1.09 bits per heavy atom. The van der Waals surface area contributed by atoms with Gasteiger partial charge < -0.3 is 10.7 Å². The lowest BCUT2D eigenvalue weighted by molar-refractivity contribution is 0.629. The number of nitrogens with one attached hydrogen (secondary N) is 1. The van der Waals surface area contributed by atoms with E-state index in [0.717, 1.165) is 45.9 Å². The predicted molar refractivity (Wildman–Crippen MR) is 93.4 cm³/mol. The molecule has 22 heavy (non-hydrogen) atoms. The molecule has 0 atom stereocenters.